The minimum Gasteiger partial charge on any atom is -0.497 e. The lowest BCUT2D eigenvalue weighted by atomic mass is 9.97. The predicted molar refractivity (Wildman–Crippen MR) is 109 cm³/mol. The van der Waals surface area contributed by atoms with Gasteiger partial charge in [0, 0.05) is 0 Å². The van der Waals surface area contributed by atoms with Crippen LogP contribution in [0.3, 0.4) is 0 Å². The number of hydrogen-bond donors (Lipinski definition) is 0. The van der Waals surface area contributed by atoms with Gasteiger partial charge >= 0.3 is 0 Å². The van der Waals surface area contributed by atoms with Crippen LogP contribution >= 0.6 is 0 Å². The summed E-state index contributed by atoms with van der Waals surface area (Å²) in [6.45, 7) is 2.22. The van der Waals surface area contributed by atoms with Gasteiger partial charge in [0.05, 0.1) is 14.2 Å². The summed E-state index contributed by atoms with van der Waals surface area (Å²) in [7, 11) is 3.43. The Morgan fingerprint density at radius 1 is 0.654 bits per heavy atom. The van der Waals surface area contributed by atoms with Gasteiger partial charge in [0.15, 0.2) is 0 Å². The van der Waals surface area contributed by atoms with Crippen LogP contribution < -0.4 is 9.47 Å². The Labute approximate surface area is 156 Å². The Bertz CT molecular complexity index is 833. The fourth-order valence-electron chi connectivity index (χ4n) is 3.16. The lowest BCUT2D eigenvalue weighted by molar-refractivity contribution is 0.409. The molecule has 0 aliphatic rings. The van der Waals surface area contributed by atoms with Crippen LogP contribution in [0.1, 0.15) is 25.3 Å². The molecule has 134 valence electrons. The largest absolute Gasteiger partial charge is 0.497 e. The number of benzene rings is 3. The van der Waals surface area contributed by atoms with Crippen molar-refractivity contribution in [2.75, 3.05) is 14.2 Å². The second kappa shape index (κ2) is 8.57. The molecule has 0 saturated carbocycles. The molecule has 0 aliphatic carbocycles. The molecule has 0 fully saturated rings. The molecule has 0 unspecified atom stereocenters. The first-order valence-electron chi connectivity index (χ1n) is 9.17. The first-order valence-corrected chi connectivity index (χ1v) is 9.17. The van der Waals surface area contributed by atoms with E-state index in [-0.39, 0.29) is 0 Å². The number of unbranched alkanes of at least 4 members (excludes halogenated alkanes) is 1. The zero-order chi connectivity index (χ0) is 18.4. The fourth-order valence-corrected chi connectivity index (χ4v) is 3.16. The van der Waals surface area contributed by atoms with Gasteiger partial charge in [0.2, 0.25) is 0 Å². The van der Waals surface area contributed by atoms with E-state index in [0.717, 1.165) is 17.9 Å². The Balaban J connectivity index is 1.85. The monoisotopic (exact) mass is 346 g/mol. The zero-order valence-electron chi connectivity index (χ0n) is 15.8. The van der Waals surface area contributed by atoms with Crippen LogP contribution in [0, 0.1) is 0 Å². The van der Waals surface area contributed by atoms with Crippen molar-refractivity contribution in [1.82, 2.24) is 0 Å². The summed E-state index contributed by atoms with van der Waals surface area (Å²) < 4.78 is 10.7. The predicted octanol–water partition coefficient (Wildman–Crippen LogP) is 6.38. The molecule has 2 nitrogen and oxygen atoms in total. The van der Waals surface area contributed by atoms with E-state index in [1.807, 2.05) is 12.1 Å². The van der Waals surface area contributed by atoms with E-state index in [2.05, 4.69) is 61.5 Å². The van der Waals surface area contributed by atoms with Gasteiger partial charge in [-0.2, -0.15) is 0 Å². The highest BCUT2D eigenvalue weighted by atomic mass is 16.5. The molecular formula is C24H26O2. The molecule has 0 bridgehead atoms. The summed E-state index contributed by atoms with van der Waals surface area (Å²) in [6, 6.07) is 23.4. The van der Waals surface area contributed by atoms with Crippen molar-refractivity contribution in [1.29, 1.82) is 0 Å². The van der Waals surface area contributed by atoms with E-state index < -0.39 is 0 Å². The molecule has 0 heterocycles. The Hall–Kier alpha value is -2.74. The van der Waals surface area contributed by atoms with Crippen molar-refractivity contribution < 1.29 is 9.47 Å². The molecule has 0 atom stereocenters. The van der Waals surface area contributed by atoms with Crippen LogP contribution in [0.2, 0.25) is 0 Å². The highest BCUT2D eigenvalue weighted by Crippen LogP contribution is 2.30. The molecule has 3 rings (SSSR count). The molecule has 2 heteroatoms. The van der Waals surface area contributed by atoms with Crippen molar-refractivity contribution in [3.05, 3.63) is 72.3 Å². The van der Waals surface area contributed by atoms with Crippen molar-refractivity contribution in [2.24, 2.45) is 0 Å². The van der Waals surface area contributed by atoms with E-state index in [0.29, 0.717) is 0 Å². The molecule has 3 aromatic rings. The fraction of sp³-hybridized carbons (Fsp3) is 0.250. The molecule has 0 spiro atoms. The molecule has 0 amide bonds. The average Bonchev–Trinajstić information content (AvgIpc) is 2.72. The van der Waals surface area contributed by atoms with Gasteiger partial charge in [-0.15, -0.1) is 0 Å². The molecule has 0 aliphatic heterocycles. The van der Waals surface area contributed by atoms with Gasteiger partial charge in [-0.05, 0) is 64.9 Å². The Morgan fingerprint density at radius 3 is 1.73 bits per heavy atom. The molecular weight excluding hydrogens is 320 g/mol. The van der Waals surface area contributed by atoms with Crippen molar-refractivity contribution >= 4 is 0 Å². The summed E-state index contributed by atoms with van der Waals surface area (Å²) in [5, 5.41) is 0. The van der Waals surface area contributed by atoms with E-state index in [1.165, 1.54) is 40.7 Å². The quantitative estimate of drug-likeness (QED) is 0.494. The third-order valence-corrected chi connectivity index (χ3v) is 4.72. The van der Waals surface area contributed by atoms with Crippen molar-refractivity contribution in [3.63, 3.8) is 0 Å². The van der Waals surface area contributed by atoms with Crippen LogP contribution in [0.15, 0.2) is 66.7 Å². The second-order valence-electron chi connectivity index (χ2n) is 6.44. The standard InChI is InChI=1S/C24H26O2/c1-4-5-6-22-17-21(13-16-24(22)26-3)20-9-7-18(8-10-20)19-11-14-23(25-2)15-12-19/h7-17H,4-6H2,1-3H3. The Morgan fingerprint density at radius 2 is 1.19 bits per heavy atom. The minimum atomic E-state index is 0.878. The number of methoxy groups -OCH3 is 2. The van der Waals surface area contributed by atoms with Crippen LogP contribution in [-0.4, -0.2) is 14.2 Å². The van der Waals surface area contributed by atoms with Gasteiger partial charge in [0.25, 0.3) is 0 Å². The van der Waals surface area contributed by atoms with Gasteiger partial charge in [-0.3, -0.25) is 0 Å². The lowest BCUT2D eigenvalue weighted by Crippen LogP contribution is -1.93. The number of hydrogen-bond acceptors (Lipinski definition) is 2. The van der Waals surface area contributed by atoms with E-state index >= 15 is 0 Å². The first kappa shape index (κ1) is 18.1. The maximum atomic E-state index is 5.52. The summed E-state index contributed by atoms with van der Waals surface area (Å²) in [6.07, 6.45) is 3.41. The third kappa shape index (κ3) is 4.08. The molecule has 3 aromatic carbocycles. The highest BCUT2D eigenvalue weighted by molar-refractivity contribution is 5.71. The van der Waals surface area contributed by atoms with Crippen LogP contribution in [0.5, 0.6) is 11.5 Å². The van der Waals surface area contributed by atoms with Crippen LogP contribution in [0.4, 0.5) is 0 Å². The van der Waals surface area contributed by atoms with Crippen LogP contribution in [0.25, 0.3) is 22.3 Å². The maximum Gasteiger partial charge on any atom is 0.122 e. The number of rotatable bonds is 7. The SMILES string of the molecule is CCCCc1cc(-c2ccc(-c3ccc(OC)cc3)cc2)ccc1OC. The summed E-state index contributed by atoms with van der Waals surface area (Å²) in [5.41, 5.74) is 6.14. The lowest BCUT2D eigenvalue weighted by Gasteiger charge is -2.11. The molecule has 0 aromatic heterocycles. The van der Waals surface area contributed by atoms with E-state index in [9.17, 15) is 0 Å². The van der Waals surface area contributed by atoms with Gasteiger partial charge < -0.3 is 9.47 Å². The number of ether oxygens (including phenoxy) is 2. The first-order chi connectivity index (χ1) is 12.7. The van der Waals surface area contributed by atoms with Crippen molar-refractivity contribution in [2.45, 2.75) is 26.2 Å². The maximum absolute atomic E-state index is 5.52. The van der Waals surface area contributed by atoms with Crippen molar-refractivity contribution in [3.8, 4) is 33.8 Å². The summed E-state index contributed by atoms with van der Waals surface area (Å²) >= 11 is 0. The zero-order valence-corrected chi connectivity index (χ0v) is 15.8. The minimum absolute atomic E-state index is 0.878. The summed E-state index contributed by atoms with van der Waals surface area (Å²) in [4.78, 5) is 0. The molecule has 0 N–H and O–H groups in total. The second-order valence-corrected chi connectivity index (χ2v) is 6.44. The van der Waals surface area contributed by atoms with Gasteiger partial charge in [-0.1, -0.05) is 55.8 Å². The molecule has 0 saturated heterocycles. The molecule has 26 heavy (non-hydrogen) atoms. The topological polar surface area (TPSA) is 18.5 Å². The van der Waals surface area contributed by atoms with E-state index in [4.69, 9.17) is 9.47 Å². The normalized spacial score (nSPS) is 10.6. The summed E-state index contributed by atoms with van der Waals surface area (Å²) in [5.74, 6) is 1.86. The third-order valence-electron chi connectivity index (χ3n) is 4.72. The average molecular weight is 346 g/mol. The van der Waals surface area contributed by atoms with E-state index in [1.54, 1.807) is 14.2 Å². The van der Waals surface area contributed by atoms with Gasteiger partial charge in [-0.25, -0.2) is 0 Å². The number of aryl methyl sites for hydroxylation is 1. The molecule has 0 radical (unpaired) electrons. The van der Waals surface area contributed by atoms with Crippen LogP contribution in [-0.2, 0) is 6.42 Å². The van der Waals surface area contributed by atoms with Gasteiger partial charge in [0.1, 0.15) is 11.5 Å². The Kier molecular flexibility index (Phi) is 5.96. The highest BCUT2D eigenvalue weighted by Gasteiger charge is 2.06. The smallest absolute Gasteiger partial charge is 0.122 e.